The van der Waals surface area contributed by atoms with Gasteiger partial charge in [0.25, 0.3) is 0 Å². The Balaban J connectivity index is 1.76. The second kappa shape index (κ2) is 15.1. The van der Waals surface area contributed by atoms with Gasteiger partial charge in [-0.3, -0.25) is 19.9 Å². The van der Waals surface area contributed by atoms with Gasteiger partial charge in [0.15, 0.2) is 0 Å². The van der Waals surface area contributed by atoms with Crippen molar-refractivity contribution in [2.45, 2.75) is 96.9 Å². The molecule has 0 bridgehead atoms. The highest BCUT2D eigenvalue weighted by molar-refractivity contribution is 5.86. The molecule has 0 aromatic carbocycles. The molecule has 0 unspecified atom stereocenters. The fourth-order valence-electron chi connectivity index (χ4n) is 4.79. The first-order valence-corrected chi connectivity index (χ1v) is 13.7. The van der Waals surface area contributed by atoms with E-state index in [1.54, 1.807) is 34.4 Å². The van der Waals surface area contributed by atoms with Crippen molar-refractivity contribution >= 4 is 23.9 Å². The van der Waals surface area contributed by atoms with Crippen molar-refractivity contribution in [2.24, 2.45) is 11.8 Å². The predicted molar refractivity (Wildman–Crippen MR) is 142 cm³/mol. The number of rotatable bonds is 11. The zero-order valence-electron chi connectivity index (χ0n) is 23.7. The van der Waals surface area contributed by atoms with Crippen molar-refractivity contribution in [3.63, 3.8) is 0 Å². The molecule has 5 amide bonds. The van der Waals surface area contributed by atoms with E-state index in [-0.39, 0.29) is 42.5 Å². The molecule has 12 nitrogen and oxygen atoms in total. The van der Waals surface area contributed by atoms with Crippen molar-refractivity contribution in [1.29, 1.82) is 0 Å². The Morgan fingerprint density at radius 3 is 2.32 bits per heavy atom. The van der Waals surface area contributed by atoms with Crippen molar-refractivity contribution in [3.05, 3.63) is 6.54 Å². The third-order valence-electron chi connectivity index (χ3n) is 6.85. The Kier molecular flexibility index (Phi) is 12.6. The van der Waals surface area contributed by atoms with E-state index in [0.717, 1.165) is 25.7 Å². The molecule has 217 valence electrons. The first-order chi connectivity index (χ1) is 18.0. The molecule has 1 aliphatic carbocycles. The Morgan fingerprint density at radius 1 is 1.05 bits per heavy atom. The number of amides is 5. The molecule has 0 spiro atoms. The monoisotopic (exact) mass is 539 g/mol. The molecule has 1 saturated heterocycles. The van der Waals surface area contributed by atoms with Gasteiger partial charge in [0.05, 0.1) is 19.2 Å². The third kappa shape index (κ3) is 10.3. The van der Waals surface area contributed by atoms with Gasteiger partial charge in [0, 0.05) is 38.6 Å². The maximum absolute atomic E-state index is 13.1. The molecule has 2 rings (SSSR count). The molecule has 3 atom stereocenters. The first-order valence-electron chi connectivity index (χ1n) is 13.7. The Morgan fingerprint density at radius 2 is 1.74 bits per heavy atom. The summed E-state index contributed by atoms with van der Waals surface area (Å²) in [5.74, 6) is 0.187. The number of ether oxygens (including phenoxy) is 2. The number of carbonyl (C=O) groups excluding carboxylic acids is 4. The van der Waals surface area contributed by atoms with Crippen LogP contribution in [0.4, 0.5) is 9.59 Å². The van der Waals surface area contributed by atoms with Crippen molar-refractivity contribution < 1.29 is 28.7 Å². The van der Waals surface area contributed by atoms with Crippen LogP contribution in [0.25, 0.3) is 0 Å². The topological polar surface area (TPSA) is 150 Å². The minimum absolute atomic E-state index is 0.0630. The molecule has 1 aliphatic heterocycles. The summed E-state index contributed by atoms with van der Waals surface area (Å²) in [7, 11) is 1.66. The Bertz CT molecular complexity index is 796. The van der Waals surface area contributed by atoms with Crippen molar-refractivity contribution in [2.75, 3.05) is 26.7 Å². The zero-order valence-corrected chi connectivity index (χ0v) is 23.7. The highest BCUT2D eigenvalue weighted by atomic mass is 16.6. The minimum Gasteiger partial charge on any atom is -0.444 e. The molecule has 1 radical (unpaired) electrons. The van der Waals surface area contributed by atoms with E-state index >= 15 is 0 Å². The number of hydrogen-bond acceptors (Lipinski definition) is 7. The number of hydrazine groups is 1. The van der Waals surface area contributed by atoms with Crippen LogP contribution in [0, 0.1) is 18.4 Å². The van der Waals surface area contributed by atoms with Crippen molar-refractivity contribution in [1.82, 2.24) is 31.7 Å². The van der Waals surface area contributed by atoms with Crippen LogP contribution in [0.3, 0.4) is 0 Å². The number of carbonyl (C=O) groups is 4. The molecule has 5 N–H and O–H groups in total. The average molecular weight is 540 g/mol. The normalized spacial score (nSPS) is 24.3. The number of nitrogens with zero attached hydrogens (tertiary/aromatic N) is 1. The lowest BCUT2D eigenvalue weighted by molar-refractivity contribution is -0.126. The van der Waals surface area contributed by atoms with Gasteiger partial charge in [0.2, 0.25) is 11.8 Å². The summed E-state index contributed by atoms with van der Waals surface area (Å²) in [6, 6.07) is -1.46. The van der Waals surface area contributed by atoms with Crippen LogP contribution < -0.4 is 26.8 Å². The predicted octanol–water partition coefficient (Wildman–Crippen LogP) is 1.81. The highest BCUT2D eigenvalue weighted by Gasteiger charge is 2.42. The van der Waals surface area contributed by atoms with Gasteiger partial charge in [-0.2, -0.15) is 0 Å². The SMILES string of the molecule is CCO[C@@H]1C[C@@H](C(=O)N[C@H]([CH]NNC(=O)NCC2CCC(C(=O)NC)CC2)CC)N(C(=O)OC(C)(C)C)C1. The molecular formula is C26H47N6O6. The van der Waals surface area contributed by atoms with E-state index in [1.165, 1.54) is 4.90 Å². The fraction of sp³-hybridized carbons (Fsp3) is 0.808. The largest absolute Gasteiger partial charge is 0.444 e. The summed E-state index contributed by atoms with van der Waals surface area (Å²) in [5.41, 5.74) is 4.65. The lowest BCUT2D eigenvalue weighted by Crippen LogP contribution is -2.52. The Hall–Kier alpha value is -2.60. The molecule has 12 heteroatoms. The lowest BCUT2D eigenvalue weighted by atomic mass is 9.81. The van der Waals surface area contributed by atoms with Gasteiger partial charge >= 0.3 is 12.1 Å². The van der Waals surface area contributed by atoms with Crippen LogP contribution in [0.2, 0.25) is 0 Å². The quantitative estimate of drug-likeness (QED) is 0.251. The van der Waals surface area contributed by atoms with Gasteiger partial charge in [-0.15, -0.1) is 0 Å². The van der Waals surface area contributed by atoms with E-state index in [9.17, 15) is 19.2 Å². The molecule has 38 heavy (non-hydrogen) atoms. The molecule has 1 heterocycles. The molecular weight excluding hydrogens is 492 g/mol. The van der Waals surface area contributed by atoms with E-state index in [1.807, 2.05) is 13.8 Å². The second-order valence-corrected chi connectivity index (χ2v) is 11.0. The molecule has 2 aliphatic rings. The van der Waals surface area contributed by atoms with Crippen molar-refractivity contribution in [3.8, 4) is 0 Å². The Labute approximate surface area is 226 Å². The summed E-state index contributed by atoms with van der Waals surface area (Å²) in [6.07, 6.45) is 3.62. The molecule has 0 aromatic heterocycles. The summed E-state index contributed by atoms with van der Waals surface area (Å²) in [4.78, 5) is 51.2. The van der Waals surface area contributed by atoms with Gasteiger partial charge in [0.1, 0.15) is 11.6 Å². The molecule has 1 saturated carbocycles. The van der Waals surface area contributed by atoms with Gasteiger partial charge in [-0.05, 0) is 65.7 Å². The van der Waals surface area contributed by atoms with Crippen LogP contribution in [0.1, 0.15) is 73.1 Å². The smallest absolute Gasteiger partial charge is 0.411 e. The maximum atomic E-state index is 13.1. The fourth-order valence-corrected chi connectivity index (χ4v) is 4.79. The summed E-state index contributed by atoms with van der Waals surface area (Å²) >= 11 is 0. The van der Waals surface area contributed by atoms with E-state index in [2.05, 4.69) is 26.8 Å². The summed E-state index contributed by atoms with van der Waals surface area (Å²) < 4.78 is 11.2. The number of hydrogen-bond donors (Lipinski definition) is 5. The standard InChI is InChI=1S/C26H47N6O6/c1-7-19(15-29-31-24(35)28-14-17-9-11-18(12-10-17)22(33)27-6)30-23(34)21-13-20(37-8-2)16-32(21)25(36)38-26(3,4)5/h15,17-21,29H,7-14,16H2,1-6H3,(H,27,33)(H,30,34)(H2,28,31,35)/t17?,18?,19-,20+,21-/m0/s1. The number of nitrogens with one attached hydrogen (secondary N) is 5. The first kappa shape index (κ1) is 31.6. The van der Waals surface area contributed by atoms with Gasteiger partial charge in [-0.1, -0.05) is 6.92 Å². The lowest BCUT2D eigenvalue weighted by Gasteiger charge is -2.29. The van der Waals surface area contributed by atoms with E-state index < -0.39 is 17.7 Å². The summed E-state index contributed by atoms with van der Waals surface area (Å²) in [5, 5.41) is 8.48. The van der Waals surface area contributed by atoms with Crippen LogP contribution in [0.15, 0.2) is 0 Å². The van der Waals surface area contributed by atoms with Crippen LogP contribution in [-0.4, -0.2) is 79.4 Å². The third-order valence-corrected chi connectivity index (χ3v) is 6.85. The van der Waals surface area contributed by atoms with E-state index in [4.69, 9.17) is 9.47 Å². The minimum atomic E-state index is -0.710. The van der Waals surface area contributed by atoms with Crippen LogP contribution >= 0.6 is 0 Å². The molecule has 2 fully saturated rings. The number of urea groups is 1. The average Bonchev–Trinajstić information content (AvgIpc) is 3.30. The number of likely N-dealkylation sites (tertiary alicyclic amines) is 1. The maximum Gasteiger partial charge on any atom is 0.411 e. The zero-order chi connectivity index (χ0) is 28.3. The summed E-state index contributed by atoms with van der Waals surface area (Å²) in [6.45, 7) is 12.0. The van der Waals surface area contributed by atoms with Crippen LogP contribution in [-0.2, 0) is 19.1 Å². The van der Waals surface area contributed by atoms with E-state index in [0.29, 0.717) is 31.9 Å². The van der Waals surface area contributed by atoms with Gasteiger partial charge < -0.3 is 25.4 Å². The van der Waals surface area contributed by atoms with Gasteiger partial charge in [-0.25, -0.2) is 15.0 Å². The highest BCUT2D eigenvalue weighted by Crippen LogP contribution is 2.28. The second-order valence-electron chi connectivity index (χ2n) is 11.0. The van der Waals surface area contributed by atoms with Crippen LogP contribution in [0.5, 0.6) is 0 Å². The molecule has 0 aromatic rings.